The Bertz CT molecular complexity index is 1160. The quantitative estimate of drug-likeness (QED) is 0.368. The third kappa shape index (κ3) is 5.52. The molecule has 5 nitrogen and oxygen atoms in total. The lowest BCUT2D eigenvalue weighted by Crippen LogP contribution is -2.14. The van der Waals surface area contributed by atoms with E-state index in [0.29, 0.717) is 22.7 Å². The fraction of sp³-hybridized carbons (Fsp3) is 0.0870. The first-order valence-electron chi connectivity index (χ1n) is 9.23. The number of anilines is 2. The highest BCUT2D eigenvalue weighted by molar-refractivity contribution is 7.99. The SMILES string of the molecule is C=CCSc1ccccc1C(=O)Nc1ccc(S(=O)(=O)Nc2cccc(C)c2)cc1. The van der Waals surface area contributed by atoms with E-state index in [2.05, 4.69) is 16.6 Å². The van der Waals surface area contributed by atoms with Gasteiger partial charge in [-0.25, -0.2) is 8.42 Å². The standard InChI is InChI=1S/C23H22N2O3S2/c1-3-15-29-22-10-5-4-9-21(22)23(26)24-18-11-13-20(14-12-18)30(27,28)25-19-8-6-7-17(2)16-19/h3-14,16,25H,1,15H2,2H3,(H,24,26). The molecular weight excluding hydrogens is 416 g/mol. The predicted octanol–water partition coefficient (Wildman–Crippen LogP) is 5.33. The van der Waals surface area contributed by atoms with Gasteiger partial charge in [-0.05, 0) is 61.0 Å². The topological polar surface area (TPSA) is 75.3 Å². The molecule has 0 atom stereocenters. The average Bonchev–Trinajstić information content (AvgIpc) is 2.72. The predicted molar refractivity (Wildman–Crippen MR) is 124 cm³/mol. The van der Waals surface area contributed by atoms with E-state index in [9.17, 15) is 13.2 Å². The van der Waals surface area contributed by atoms with Crippen molar-refractivity contribution in [1.29, 1.82) is 0 Å². The molecule has 0 bridgehead atoms. The van der Waals surface area contributed by atoms with Crippen LogP contribution >= 0.6 is 11.8 Å². The van der Waals surface area contributed by atoms with Crippen LogP contribution in [0.15, 0.2) is 95.2 Å². The van der Waals surface area contributed by atoms with E-state index in [4.69, 9.17) is 0 Å². The zero-order chi connectivity index (χ0) is 21.6. The molecule has 0 spiro atoms. The van der Waals surface area contributed by atoms with Crippen LogP contribution in [0.2, 0.25) is 0 Å². The molecule has 0 fully saturated rings. The van der Waals surface area contributed by atoms with Gasteiger partial charge in [-0.2, -0.15) is 0 Å². The lowest BCUT2D eigenvalue weighted by molar-refractivity contribution is 0.102. The molecule has 0 radical (unpaired) electrons. The van der Waals surface area contributed by atoms with E-state index >= 15 is 0 Å². The van der Waals surface area contributed by atoms with E-state index in [1.807, 2.05) is 25.1 Å². The Hall–Kier alpha value is -3.03. The molecule has 3 aromatic rings. The first kappa shape index (κ1) is 21.7. The summed E-state index contributed by atoms with van der Waals surface area (Å²) in [4.78, 5) is 13.6. The summed E-state index contributed by atoms with van der Waals surface area (Å²) in [6.07, 6.45) is 1.78. The van der Waals surface area contributed by atoms with Gasteiger partial charge in [0, 0.05) is 22.0 Å². The second-order valence-electron chi connectivity index (χ2n) is 6.55. The number of benzene rings is 3. The Kier molecular flexibility index (Phi) is 6.97. The van der Waals surface area contributed by atoms with Crippen LogP contribution in [0.5, 0.6) is 0 Å². The number of carbonyl (C=O) groups excluding carboxylic acids is 1. The third-order valence-corrected chi connectivity index (χ3v) is 6.65. The van der Waals surface area contributed by atoms with Gasteiger partial charge >= 0.3 is 0 Å². The van der Waals surface area contributed by atoms with Crippen molar-refractivity contribution in [3.8, 4) is 0 Å². The van der Waals surface area contributed by atoms with Gasteiger partial charge in [0.1, 0.15) is 0 Å². The normalized spacial score (nSPS) is 11.0. The number of hydrogen-bond acceptors (Lipinski definition) is 4. The van der Waals surface area contributed by atoms with Crippen LogP contribution in [0.1, 0.15) is 15.9 Å². The number of sulfonamides is 1. The monoisotopic (exact) mass is 438 g/mol. The third-order valence-electron chi connectivity index (χ3n) is 4.18. The molecule has 0 aromatic heterocycles. The van der Waals surface area contributed by atoms with Gasteiger partial charge in [-0.15, -0.1) is 18.3 Å². The van der Waals surface area contributed by atoms with Gasteiger partial charge < -0.3 is 5.32 Å². The molecule has 0 unspecified atom stereocenters. The van der Waals surface area contributed by atoms with Gasteiger partial charge in [-0.3, -0.25) is 9.52 Å². The molecule has 0 aliphatic rings. The first-order chi connectivity index (χ1) is 14.4. The molecule has 0 saturated carbocycles. The summed E-state index contributed by atoms with van der Waals surface area (Å²) in [7, 11) is -3.72. The maximum absolute atomic E-state index is 12.7. The Morgan fingerprint density at radius 1 is 1.00 bits per heavy atom. The highest BCUT2D eigenvalue weighted by Crippen LogP contribution is 2.24. The minimum atomic E-state index is -3.72. The van der Waals surface area contributed by atoms with Gasteiger partial charge in [0.05, 0.1) is 10.5 Å². The summed E-state index contributed by atoms with van der Waals surface area (Å²) in [5.74, 6) is 0.445. The maximum Gasteiger partial charge on any atom is 0.261 e. The molecule has 3 aromatic carbocycles. The van der Waals surface area contributed by atoms with Crippen molar-refractivity contribution in [2.45, 2.75) is 16.7 Å². The van der Waals surface area contributed by atoms with Gasteiger partial charge in [-0.1, -0.05) is 30.3 Å². The van der Waals surface area contributed by atoms with Crippen LogP contribution in [-0.4, -0.2) is 20.1 Å². The molecule has 0 heterocycles. The van der Waals surface area contributed by atoms with Crippen molar-refractivity contribution < 1.29 is 13.2 Å². The second-order valence-corrected chi connectivity index (χ2v) is 9.29. The first-order valence-corrected chi connectivity index (χ1v) is 11.7. The molecule has 0 aliphatic heterocycles. The van der Waals surface area contributed by atoms with Gasteiger partial charge in [0.15, 0.2) is 0 Å². The lowest BCUT2D eigenvalue weighted by Gasteiger charge is -2.11. The number of carbonyl (C=O) groups is 1. The van der Waals surface area contributed by atoms with Gasteiger partial charge in [0.2, 0.25) is 0 Å². The average molecular weight is 439 g/mol. The summed E-state index contributed by atoms with van der Waals surface area (Å²) in [6, 6.07) is 20.5. The number of aryl methyl sites for hydroxylation is 1. The van der Waals surface area contributed by atoms with Crippen LogP contribution < -0.4 is 10.0 Å². The molecule has 0 saturated heterocycles. The summed E-state index contributed by atoms with van der Waals surface area (Å²) in [6.45, 7) is 5.59. The maximum atomic E-state index is 12.7. The fourth-order valence-corrected chi connectivity index (χ4v) is 4.61. The zero-order valence-electron chi connectivity index (χ0n) is 16.5. The fourth-order valence-electron chi connectivity index (χ4n) is 2.77. The second kappa shape index (κ2) is 9.65. The molecule has 30 heavy (non-hydrogen) atoms. The summed E-state index contributed by atoms with van der Waals surface area (Å²) in [5, 5.41) is 2.82. The molecule has 0 aliphatic carbocycles. The summed E-state index contributed by atoms with van der Waals surface area (Å²) >= 11 is 1.53. The summed E-state index contributed by atoms with van der Waals surface area (Å²) in [5.41, 5.74) is 2.53. The molecular formula is C23H22N2O3S2. The van der Waals surface area contributed by atoms with E-state index in [1.165, 1.54) is 23.9 Å². The number of rotatable bonds is 8. The number of thioether (sulfide) groups is 1. The zero-order valence-corrected chi connectivity index (χ0v) is 18.1. The smallest absolute Gasteiger partial charge is 0.261 e. The number of nitrogens with one attached hydrogen (secondary N) is 2. The van der Waals surface area contributed by atoms with Crippen LogP contribution in [0.3, 0.4) is 0 Å². The minimum absolute atomic E-state index is 0.115. The summed E-state index contributed by atoms with van der Waals surface area (Å²) < 4.78 is 27.8. The van der Waals surface area contributed by atoms with E-state index in [1.54, 1.807) is 48.5 Å². The largest absolute Gasteiger partial charge is 0.322 e. The highest BCUT2D eigenvalue weighted by Gasteiger charge is 2.15. The van der Waals surface area contributed by atoms with Crippen molar-refractivity contribution in [2.75, 3.05) is 15.8 Å². The van der Waals surface area contributed by atoms with Crippen molar-refractivity contribution in [1.82, 2.24) is 0 Å². The lowest BCUT2D eigenvalue weighted by atomic mass is 10.2. The molecule has 154 valence electrons. The Morgan fingerprint density at radius 2 is 1.73 bits per heavy atom. The van der Waals surface area contributed by atoms with Crippen molar-refractivity contribution in [3.63, 3.8) is 0 Å². The molecule has 7 heteroatoms. The minimum Gasteiger partial charge on any atom is -0.322 e. The van der Waals surface area contributed by atoms with Crippen LogP contribution in [0.4, 0.5) is 11.4 Å². The van der Waals surface area contributed by atoms with Gasteiger partial charge in [0.25, 0.3) is 15.9 Å². The van der Waals surface area contributed by atoms with E-state index in [0.717, 1.165) is 10.5 Å². The van der Waals surface area contributed by atoms with Crippen molar-refractivity contribution in [3.05, 3.63) is 96.6 Å². The van der Waals surface area contributed by atoms with Crippen LogP contribution in [-0.2, 0) is 10.0 Å². The Labute approximate surface area is 181 Å². The van der Waals surface area contributed by atoms with Crippen LogP contribution in [0, 0.1) is 6.92 Å². The van der Waals surface area contributed by atoms with E-state index < -0.39 is 10.0 Å². The van der Waals surface area contributed by atoms with Crippen molar-refractivity contribution in [2.24, 2.45) is 0 Å². The van der Waals surface area contributed by atoms with Crippen molar-refractivity contribution >= 4 is 39.1 Å². The Morgan fingerprint density at radius 3 is 2.43 bits per heavy atom. The Balaban J connectivity index is 1.73. The molecule has 3 rings (SSSR count). The van der Waals surface area contributed by atoms with E-state index in [-0.39, 0.29) is 10.8 Å². The number of hydrogen-bond donors (Lipinski definition) is 2. The molecule has 2 N–H and O–H groups in total. The molecule has 1 amide bonds. The number of amides is 1. The van der Waals surface area contributed by atoms with Crippen LogP contribution in [0.25, 0.3) is 0 Å². The highest BCUT2D eigenvalue weighted by atomic mass is 32.2.